The number of rotatable bonds is 5. The van der Waals surface area contributed by atoms with Crippen LogP contribution in [0, 0.1) is 20.8 Å². The van der Waals surface area contributed by atoms with Crippen molar-refractivity contribution in [3.8, 4) is 0 Å². The van der Waals surface area contributed by atoms with Crippen molar-refractivity contribution in [2.24, 2.45) is 0 Å². The molecule has 0 saturated carbocycles. The number of benzene rings is 3. The Hall–Kier alpha value is -2.72. The Morgan fingerprint density at radius 1 is 0.815 bits per heavy atom. The van der Waals surface area contributed by atoms with Crippen LogP contribution < -0.4 is 0 Å². The maximum Gasteiger partial charge on any atom is 0.193 e. The van der Waals surface area contributed by atoms with Crippen LogP contribution in [-0.2, 0) is 15.6 Å². The SMILES string of the molecule is Cc1ccc(S(=O)(=O)Cc2cc(C)c(C)cc2C(=O)c2ccccc2)cc1. The van der Waals surface area contributed by atoms with Gasteiger partial charge in [-0.1, -0.05) is 54.1 Å². The van der Waals surface area contributed by atoms with Crippen LogP contribution in [-0.4, -0.2) is 14.2 Å². The third-order valence-electron chi connectivity index (χ3n) is 4.73. The molecular formula is C23H22O3S. The van der Waals surface area contributed by atoms with Crippen LogP contribution in [0.25, 0.3) is 0 Å². The Morgan fingerprint density at radius 2 is 1.41 bits per heavy atom. The average Bonchev–Trinajstić information content (AvgIpc) is 2.65. The van der Waals surface area contributed by atoms with Gasteiger partial charge in [-0.3, -0.25) is 4.79 Å². The topological polar surface area (TPSA) is 51.2 Å². The fourth-order valence-corrected chi connectivity index (χ4v) is 4.35. The molecule has 0 saturated heterocycles. The van der Waals surface area contributed by atoms with Crippen LogP contribution in [0.5, 0.6) is 0 Å². The quantitative estimate of drug-likeness (QED) is 0.598. The van der Waals surface area contributed by atoms with E-state index in [1.807, 2.05) is 32.9 Å². The normalized spacial score (nSPS) is 11.4. The van der Waals surface area contributed by atoms with Gasteiger partial charge >= 0.3 is 0 Å². The number of carbonyl (C=O) groups excluding carboxylic acids is 1. The zero-order valence-corrected chi connectivity index (χ0v) is 16.5. The summed E-state index contributed by atoms with van der Waals surface area (Å²) < 4.78 is 25.8. The van der Waals surface area contributed by atoms with Crippen molar-refractivity contribution in [2.45, 2.75) is 31.4 Å². The lowest BCUT2D eigenvalue weighted by atomic mass is 9.95. The van der Waals surface area contributed by atoms with Gasteiger partial charge in [0.2, 0.25) is 0 Å². The molecule has 27 heavy (non-hydrogen) atoms. The highest BCUT2D eigenvalue weighted by Crippen LogP contribution is 2.24. The average molecular weight is 378 g/mol. The van der Waals surface area contributed by atoms with Gasteiger partial charge < -0.3 is 0 Å². The highest BCUT2D eigenvalue weighted by Gasteiger charge is 2.21. The second-order valence-electron chi connectivity index (χ2n) is 6.86. The molecule has 0 aliphatic heterocycles. The van der Waals surface area contributed by atoms with Crippen LogP contribution in [0.1, 0.15) is 38.2 Å². The Balaban J connectivity index is 2.06. The van der Waals surface area contributed by atoms with E-state index in [0.717, 1.165) is 16.7 Å². The zero-order chi connectivity index (χ0) is 19.6. The summed E-state index contributed by atoms with van der Waals surface area (Å²) in [7, 11) is -3.55. The van der Waals surface area contributed by atoms with Gasteiger partial charge in [-0.15, -0.1) is 0 Å². The fourth-order valence-electron chi connectivity index (χ4n) is 2.99. The van der Waals surface area contributed by atoms with Crippen LogP contribution in [0.15, 0.2) is 71.6 Å². The largest absolute Gasteiger partial charge is 0.289 e. The molecule has 0 bridgehead atoms. The maximum atomic E-state index is 13.0. The number of ketones is 1. The molecule has 0 unspecified atom stereocenters. The molecule has 0 radical (unpaired) electrons. The number of carbonyl (C=O) groups is 1. The lowest BCUT2D eigenvalue weighted by molar-refractivity contribution is 0.103. The second-order valence-corrected chi connectivity index (χ2v) is 8.85. The van der Waals surface area contributed by atoms with E-state index in [-0.39, 0.29) is 16.4 Å². The van der Waals surface area contributed by atoms with E-state index >= 15 is 0 Å². The van der Waals surface area contributed by atoms with Crippen LogP contribution in [0.4, 0.5) is 0 Å². The van der Waals surface area contributed by atoms with E-state index in [1.165, 1.54) is 0 Å². The lowest BCUT2D eigenvalue weighted by Gasteiger charge is -2.13. The first-order chi connectivity index (χ1) is 12.8. The molecule has 3 rings (SSSR count). The molecule has 0 aliphatic rings. The van der Waals surface area contributed by atoms with Gasteiger partial charge in [0, 0.05) is 11.1 Å². The van der Waals surface area contributed by atoms with Crippen molar-refractivity contribution in [3.63, 3.8) is 0 Å². The number of sulfone groups is 1. The van der Waals surface area contributed by atoms with Gasteiger partial charge in [0.05, 0.1) is 10.6 Å². The summed E-state index contributed by atoms with van der Waals surface area (Å²) in [6, 6.07) is 19.4. The van der Waals surface area contributed by atoms with Gasteiger partial charge in [0.15, 0.2) is 15.6 Å². The first kappa shape index (κ1) is 19.1. The Kier molecular flexibility index (Phi) is 5.29. The molecule has 0 N–H and O–H groups in total. The molecule has 4 heteroatoms. The first-order valence-electron chi connectivity index (χ1n) is 8.77. The third kappa shape index (κ3) is 4.17. The predicted molar refractivity (Wildman–Crippen MR) is 108 cm³/mol. The fraction of sp³-hybridized carbons (Fsp3) is 0.174. The van der Waals surface area contributed by atoms with E-state index < -0.39 is 9.84 Å². The summed E-state index contributed by atoms with van der Waals surface area (Å²) in [5.41, 5.74) is 4.46. The van der Waals surface area contributed by atoms with Gasteiger partial charge in [0.25, 0.3) is 0 Å². The number of hydrogen-bond donors (Lipinski definition) is 0. The molecule has 3 aromatic carbocycles. The summed E-state index contributed by atoms with van der Waals surface area (Å²) in [4.78, 5) is 13.3. The number of hydrogen-bond acceptors (Lipinski definition) is 3. The summed E-state index contributed by atoms with van der Waals surface area (Å²) in [6.07, 6.45) is 0. The molecule has 138 valence electrons. The molecule has 0 fully saturated rings. The van der Waals surface area contributed by atoms with E-state index in [2.05, 4.69) is 0 Å². The van der Waals surface area contributed by atoms with Crippen molar-refractivity contribution >= 4 is 15.6 Å². The summed E-state index contributed by atoms with van der Waals surface area (Å²) in [5, 5.41) is 0. The first-order valence-corrected chi connectivity index (χ1v) is 10.4. The minimum Gasteiger partial charge on any atom is -0.289 e. The molecule has 0 aromatic heterocycles. The van der Waals surface area contributed by atoms with Crippen LogP contribution >= 0.6 is 0 Å². The Morgan fingerprint density at radius 3 is 2.04 bits per heavy atom. The third-order valence-corrected chi connectivity index (χ3v) is 6.41. The maximum absolute atomic E-state index is 13.0. The molecule has 3 aromatic rings. The van der Waals surface area contributed by atoms with E-state index in [9.17, 15) is 13.2 Å². The summed E-state index contributed by atoms with van der Waals surface area (Å²) in [5.74, 6) is -0.363. The minimum absolute atomic E-state index is 0.159. The van der Waals surface area contributed by atoms with E-state index in [4.69, 9.17) is 0 Å². The molecule has 0 amide bonds. The highest BCUT2D eigenvalue weighted by atomic mass is 32.2. The van der Waals surface area contributed by atoms with Crippen molar-refractivity contribution in [3.05, 3.63) is 100 Å². The summed E-state index contributed by atoms with van der Waals surface area (Å²) in [6.45, 7) is 5.76. The Labute approximate surface area is 160 Å². The lowest BCUT2D eigenvalue weighted by Crippen LogP contribution is -2.12. The van der Waals surface area contributed by atoms with Gasteiger partial charge in [0.1, 0.15) is 0 Å². The molecule has 3 nitrogen and oxygen atoms in total. The molecular weight excluding hydrogens is 356 g/mol. The standard InChI is InChI=1S/C23H22O3S/c1-16-9-11-21(12-10-16)27(25,26)15-20-13-17(2)18(3)14-22(20)23(24)19-7-5-4-6-8-19/h4-14H,15H2,1-3H3. The second kappa shape index (κ2) is 7.49. The smallest absolute Gasteiger partial charge is 0.193 e. The predicted octanol–water partition coefficient (Wildman–Crippen LogP) is 4.82. The molecule has 0 spiro atoms. The van der Waals surface area contributed by atoms with E-state index in [0.29, 0.717) is 16.7 Å². The Bertz CT molecular complexity index is 1080. The van der Waals surface area contributed by atoms with Gasteiger partial charge in [-0.25, -0.2) is 8.42 Å². The van der Waals surface area contributed by atoms with Crippen LogP contribution in [0.2, 0.25) is 0 Å². The van der Waals surface area contributed by atoms with Crippen molar-refractivity contribution in [1.82, 2.24) is 0 Å². The summed E-state index contributed by atoms with van der Waals surface area (Å²) >= 11 is 0. The minimum atomic E-state index is -3.55. The molecule has 0 heterocycles. The van der Waals surface area contributed by atoms with E-state index in [1.54, 1.807) is 54.6 Å². The van der Waals surface area contributed by atoms with Crippen LogP contribution in [0.3, 0.4) is 0 Å². The monoisotopic (exact) mass is 378 g/mol. The molecule has 0 atom stereocenters. The van der Waals surface area contributed by atoms with Crippen molar-refractivity contribution in [1.29, 1.82) is 0 Å². The van der Waals surface area contributed by atoms with Gasteiger partial charge in [-0.05, 0) is 55.7 Å². The van der Waals surface area contributed by atoms with Crippen molar-refractivity contribution < 1.29 is 13.2 Å². The molecule has 0 aliphatic carbocycles. The number of aryl methyl sites for hydroxylation is 3. The highest BCUT2D eigenvalue weighted by molar-refractivity contribution is 7.90. The van der Waals surface area contributed by atoms with Crippen molar-refractivity contribution in [2.75, 3.05) is 0 Å². The van der Waals surface area contributed by atoms with Gasteiger partial charge in [-0.2, -0.15) is 0 Å². The zero-order valence-electron chi connectivity index (χ0n) is 15.7.